The molecule has 0 saturated heterocycles. The fourth-order valence-corrected chi connectivity index (χ4v) is 4.28. The summed E-state index contributed by atoms with van der Waals surface area (Å²) in [7, 11) is -3.81. The highest BCUT2D eigenvalue weighted by atomic mass is 35.5. The Morgan fingerprint density at radius 3 is 2.11 bits per heavy atom. The van der Waals surface area contributed by atoms with Crippen LogP contribution in [-0.4, -0.2) is 49.7 Å². The summed E-state index contributed by atoms with van der Waals surface area (Å²) in [6, 6.07) is 15.6. The molecule has 27 heavy (non-hydrogen) atoms. The molecule has 0 aliphatic rings. The van der Waals surface area contributed by atoms with Gasteiger partial charge in [0.15, 0.2) is 0 Å². The summed E-state index contributed by atoms with van der Waals surface area (Å²) < 4.78 is 27.5. The van der Waals surface area contributed by atoms with Gasteiger partial charge in [0.25, 0.3) is 0 Å². The van der Waals surface area contributed by atoms with Crippen molar-refractivity contribution in [3.63, 3.8) is 0 Å². The molecule has 0 heterocycles. The van der Waals surface area contributed by atoms with Crippen LogP contribution in [0.15, 0.2) is 59.5 Å². The maximum atomic E-state index is 13.1. The zero-order valence-corrected chi connectivity index (χ0v) is 17.2. The molecule has 0 aromatic heterocycles. The molecule has 2 aromatic rings. The molecule has 0 aliphatic heterocycles. The highest BCUT2D eigenvalue weighted by Crippen LogP contribution is 2.19. The first-order valence-electron chi connectivity index (χ1n) is 8.96. The number of amides is 1. The summed E-state index contributed by atoms with van der Waals surface area (Å²) >= 11 is 5.88. The summed E-state index contributed by atoms with van der Waals surface area (Å²) in [6.07, 6.45) is 0.527. The van der Waals surface area contributed by atoms with E-state index in [2.05, 4.69) is 0 Å². The van der Waals surface area contributed by atoms with Gasteiger partial charge in [0, 0.05) is 24.7 Å². The van der Waals surface area contributed by atoms with Gasteiger partial charge in [-0.1, -0.05) is 41.9 Å². The number of rotatable bonds is 9. The number of nitrogens with zero attached hydrogens (tertiary/aromatic N) is 2. The van der Waals surface area contributed by atoms with Crippen LogP contribution in [0.2, 0.25) is 5.02 Å². The van der Waals surface area contributed by atoms with Crippen LogP contribution in [0.5, 0.6) is 0 Å². The van der Waals surface area contributed by atoms with Crippen LogP contribution in [0.25, 0.3) is 0 Å². The van der Waals surface area contributed by atoms with Crippen LogP contribution in [-0.2, 0) is 21.2 Å². The standard InChI is InChI=1S/C20H25ClN2O3S/c1-3-22(4-2)20(24)16-23(15-14-17-8-6-5-7-9-17)27(25,26)19-12-10-18(21)11-13-19/h5-13H,3-4,14-16H2,1-2H3. The molecular formula is C20H25ClN2O3S. The van der Waals surface area contributed by atoms with Crippen molar-refractivity contribution in [1.29, 1.82) is 0 Å². The van der Waals surface area contributed by atoms with Gasteiger partial charge in [0.05, 0.1) is 11.4 Å². The molecule has 0 atom stereocenters. The smallest absolute Gasteiger partial charge is 0.243 e. The highest BCUT2D eigenvalue weighted by molar-refractivity contribution is 7.89. The Kier molecular flexibility index (Phi) is 7.83. The lowest BCUT2D eigenvalue weighted by atomic mass is 10.1. The molecule has 7 heteroatoms. The van der Waals surface area contributed by atoms with Crippen molar-refractivity contribution in [3.8, 4) is 0 Å². The average molecular weight is 409 g/mol. The van der Waals surface area contributed by atoms with E-state index in [1.807, 2.05) is 44.2 Å². The van der Waals surface area contributed by atoms with Gasteiger partial charge in [-0.3, -0.25) is 4.79 Å². The van der Waals surface area contributed by atoms with E-state index in [4.69, 9.17) is 11.6 Å². The second-order valence-electron chi connectivity index (χ2n) is 6.09. The van der Waals surface area contributed by atoms with Crippen LogP contribution in [0.3, 0.4) is 0 Å². The number of halogens is 1. The maximum Gasteiger partial charge on any atom is 0.243 e. The van der Waals surface area contributed by atoms with E-state index in [9.17, 15) is 13.2 Å². The summed E-state index contributed by atoms with van der Waals surface area (Å²) in [4.78, 5) is 14.3. The highest BCUT2D eigenvalue weighted by Gasteiger charge is 2.27. The van der Waals surface area contributed by atoms with Gasteiger partial charge in [-0.25, -0.2) is 8.42 Å². The SMILES string of the molecule is CCN(CC)C(=O)CN(CCc1ccccc1)S(=O)(=O)c1ccc(Cl)cc1. The van der Waals surface area contributed by atoms with Crippen LogP contribution in [0, 0.1) is 0 Å². The Morgan fingerprint density at radius 1 is 0.963 bits per heavy atom. The Hall–Kier alpha value is -1.89. The van der Waals surface area contributed by atoms with Crippen LogP contribution < -0.4 is 0 Å². The van der Waals surface area contributed by atoms with Crippen molar-refractivity contribution >= 4 is 27.5 Å². The summed E-state index contributed by atoms with van der Waals surface area (Å²) in [5.74, 6) is -0.203. The number of hydrogen-bond acceptors (Lipinski definition) is 3. The topological polar surface area (TPSA) is 57.7 Å². The minimum Gasteiger partial charge on any atom is -0.342 e. The van der Waals surface area contributed by atoms with Gasteiger partial charge in [-0.15, -0.1) is 0 Å². The molecule has 0 saturated carbocycles. The monoisotopic (exact) mass is 408 g/mol. The molecule has 5 nitrogen and oxygen atoms in total. The van der Waals surface area contributed by atoms with Crippen LogP contribution in [0.4, 0.5) is 0 Å². The normalized spacial score (nSPS) is 11.6. The molecule has 0 unspecified atom stereocenters. The molecular weight excluding hydrogens is 384 g/mol. The van der Waals surface area contributed by atoms with Gasteiger partial charge >= 0.3 is 0 Å². The first kappa shape index (κ1) is 21.4. The predicted octanol–water partition coefficient (Wildman–Crippen LogP) is 3.44. The van der Waals surface area contributed by atoms with Crippen molar-refractivity contribution in [2.75, 3.05) is 26.2 Å². The van der Waals surface area contributed by atoms with E-state index in [1.54, 1.807) is 4.90 Å². The first-order valence-corrected chi connectivity index (χ1v) is 10.8. The average Bonchev–Trinajstić information content (AvgIpc) is 2.67. The molecule has 1 amide bonds. The van der Waals surface area contributed by atoms with Crippen molar-refractivity contribution in [2.45, 2.75) is 25.2 Å². The van der Waals surface area contributed by atoms with Gasteiger partial charge < -0.3 is 4.90 Å². The van der Waals surface area contributed by atoms with Crippen LogP contribution in [0.1, 0.15) is 19.4 Å². The molecule has 0 spiro atoms. The minimum atomic E-state index is -3.81. The minimum absolute atomic E-state index is 0.132. The molecule has 0 fully saturated rings. The fraction of sp³-hybridized carbons (Fsp3) is 0.350. The van der Waals surface area contributed by atoms with E-state index < -0.39 is 10.0 Å². The Bertz CT molecular complexity index is 835. The molecule has 0 N–H and O–H groups in total. The lowest BCUT2D eigenvalue weighted by Crippen LogP contribution is -2.43. The number of hydrogen-bond donors (Lipinski definition) is 0. The summed E-state index contributed by atoms with van der Waals surface area (Å²) in [5, 5.41) is 0.462. The second-order valence-corrected chi connectivity index (χ2v) is 8.47. The van der Waals surface area contributed by atoms with Gasteiger partial charge in [-0.05, 0) is 50.1 Å². The largest absolute Gasteiger partial charge is 0.342 e. The lowest BCUT2D eigenvalue weighted by Gasteiger charge is -2.26. The number of likely N-dealkylation sites (N-methyl/N-ethyl adjacent to an activating group) is 1. The number of sulfonamides is 1. The number of carbonyl (C=O) groups excluding carboxylic acids is 1. The third kappa shape index (κ3) is 5.79. The predicted molar refractivity (Wildman–Crippen MR) is 108 cm³/mol. The van der Waals surface area contributed by atoms with Gasteiger partial charge in [0.1, 0.15) is 0 Å². The van der Waals surface area contributed by atoms with Crippen molar-refractivity contribution in [2.24, 2.45) is 0 Å². The molecule has 0 aliphatic carbocycles. The lowest BCUT2D eigenvalue weighted by molar-refractivity contribution is -0.131. The van der Waals surface area contributed by atoms with E-state index in [-0.39, 0.29) is 23.9 Å². The van der Waals surface area contributed by atoms with Crippen molar-refractivity contribution in [3.05, 3.63) is 65.2 Å². The number of carbonyl (C=O) groups is 1. The molecule has 146 valence electrons. The van der Waals surface area contributed by atoms with Crippen molar-refractivity contribution < 1.29 is 13.2 Å². The zero-order chi connectivity index (χ0) is 19.9. The fourth-order valence-electron chi connectivity index (χ4n) is 2.77. The quantitative estimate of drug-likeness (QED) is 0.638. The third-order valence-electron chi connectivity index (χ3n) is 4.37. The van der Waals surface area contributed by atoms with Crippen molar-refractivity contribution in [1.82, 2.24) is 9.21 Å². The van der Waals surface area contributed by atoms with E-state index in [0.717, 1.165) is 5.56 Å². The zero-order valence-electron chi connectivity index (χ0n) is 15.6. The second kappa shape index (κ2) is 9.88. The molecule has 0 bridgehead atoms. The van der Waals surface area contributed by atoms with E-state index in [1.165, 1.54) is 28.6 Å². The molecule has 2 rings (SSSR count). The molecule has 2 aromatic carbocycles. The third-order valence-corrected chi connectivity index (χ3v) is 6.48. The van der Waals surface area contributed by atoms with E-state index >= 15 is 0 Å². The van der Waals surface area contributed by atoms with Gasteiger partial charge in [-0.2, -0.15) is 4.31 Å². The maximum absolute atomic E-state index is 13.1. The Labute approximate surface area is 166 Å². The van der Waals surface area contributed by atoms with Crippen LogP contribution >= 0.6 is 11.6 Å². The summed E-state index contributed by atoms with van der Waals surface area (Å²) in [5.41, 5.74) is 1.02. The Morgan fingerprint density at radius 2 is 1.56 bits per heavy atom. The first-order chi connectivity index (χ1) is 12.9. The van der Waals surface area contributed by atoms with E-state index in [0.29, 0.717) is 24.5 Å². The molecule has 0 radical (unpaired) electrons. The van der Waals surface area contributed by atoms with Gasteiger partial charge in [0.2, 0.25) is 15.9 Å². The summed E-state index contributed by atoms with van der Waals surface area (Å²) in [6.45, 7) is 4.89. The Balaban J connectivity index is 2.27. The number of benzene rings is 2.